The van der Waals surface area contributed by atoms with Gasteiger partial charge in [-0.3, -0.25) is 9.10 Å². The van der Waals surface area contributed by atoms with Crippen LogP contribution < -0.4 is 19.1 Å². The monoisotopic (exact) mass is 416 g/mol. The maximum atomic E-state index is 13.2. The van der Waals surface area contributed by atoms with E-state index in [4.69, 9.17) is 21.1 Å². The van der Waals surface area contributed by atoms with Crippen molar-refractivity contribution in [2.75, 3.05) is 36.6 Å². The smallest absolute Gasteiger partial charge is 0.245 e. The summed E-state index contributed by atoms with van der Waals surface area (Å²) in [5.41, 5.74) is 0.412. The van der Waals surface area contributed by atoms with Crippen molar-refractivity contribution in [3.63, 3.8) is 0 Å². The zero-order chi connectivity index (χ0) is 20.2. The Morgan fingerprint density at radius 2 is 1.89 bits per heavy atom. The fourth-order valence-electron chi connectivity index (χ4n) is 2.28. The van der Waals surface area contributed by atoms with E-state index in [0.29, 0.717) is 5.75 Å². The predicted octanol–water partition coefficient (Wildman–Crippen LogP) is 2.90. The van der Waals surface area contributed by atoms with Crippen LogP contribution >= 0.6 is 11.6 Å². The van der Waals surface area contributed by atoms with E-state index in [9.17, 15) is 17.6 Å². The predicted molar refractivity (Wildman–Crippen MR) is 102 cm³/mol. The average Bonchev–Trinajstić information content (AvgIpc) is 2.61. The van der Waals surface area contributed by atoms with Crippen LogP contribution in [0.15, 0.2) is 36.4 Å². The lowest BCUT2D eigenvalue weighted by atomic mass is 10.2. The van der Waals surface area contributed by atoms with Crippen molar-refractivity contribution in [2.45, 2.75) is 0 Å². The molecule has 0 radical (unpaired) electrons. The first kappa shape index (κ1) is 20.8. The molecule has 0 saturated heterocycles. The van der Waals surface area contributed by atoms with Gasteiger partial charge in [0.25, 0.3) is 0 Å². The maximum Gasteiger partial charge on any atom is 0.245 e. The Bertz CT molecular complexity index is 952. The Labute approximate surface area is 161 Å². The number of benzene rings is 2. The van der Waals surface area contributed by atoms with Crippen molar-refractivity contribution >= 4 is 38.9 Å². The van der Waals surface area contributed by atoms with E-state index in [1.54, 1.807) is 6.07 Å². The summed E-state index contributed by atoms with van der Waals surface area (Å²) in [7, 11) is -0.970. The summed E-state index contributed by atoms with van der Waals surface area (Å²) in [5.74, 6) is -0.580. The summed E-state index contributed by atoms with van der Waals surface area (Å²) in [5, 5.41) is 2.32. The van der Waals surface area contributed by atoms with Gasteiger partial charge in [0.2, 0.25) is 15.9 Å². The van der Waals surface area contributed by atoms with Gasteiger partial charge in [-0.25, -0.2) is 12.8 Å². The Morgan fingerprint density at radius 1 is 1.19 bits per heavy atom. The Hall–Kier alpha value is -2.52. The van der Waals surface area contributed by atoms with Crippen LogP contribution in [0.5, 0.6) is 11.5 Å². The van der Waals surface area contributed by atoms with Crippen LogP contribution in [0.2, 0.25) is 5.02 Å². The van der Waals surface area contributed by atoms with Gasteiger partial charge in [-0.1, -0.05) is 11.6 Å². The number of hydrogen-bond acceptors (Lipinski definition) is 5. The number of halogens is 2. The van der Waals surface area contributed by atoms with E-state index in [-0.39, 0.29) is 22.1 Å². The number of methoxy groups -OCH3 is 2. The van der Waals surface area contributed by atoms with Crippen LogP contribution in [0.25, 0.3) is 0 Å². The second-order valence-electron chi connectivity index (χ2n) is 5.48. The summed E-state index contributed by atoms with van der Waals surface area (Å²) in [6, 6.07) is 8.17. The van der Waals surface area contributed by atoms with Gasteiger partial charge < -0.3 is 14.8 Å². The fourth-order valence-corrected chi connectivity index (χ4v) is 3.32. The molecule has 0 aliphatic heterocycles. The standard InChI is InChI=1S/C17H18ClFN2O5S/c1-25-12-5-7-15(16(9-12)26-2)21(27(3,23)24)10-17(22)20-11-4-6-14(19)13(18)8-11/h4-9H,10H2,1-3H3,(H,20,22). The zero-order valence-electron chi connectivity index (χ0n) is 14.8. The third-order valence-corrected chi connectivity index (χ3v) is 4.96. The van der Waals surface area contributed by atoms with E-state index in [1.165, 1.54) is 38.5 Å². The normalized spacial score (nSPS) is 11.0. The molecule has 2 aromatic rings. The Balaban J connectivity index is 2.30. The van der Waals surface area contributed by atoms with Gasteiger partial charge >= 0.3 is 0 Å². The maximum absolute atomic E-state index is 13.2. The van der Waals surface area contributed by atoms with Gasteiger partial charge in [0.05, 0.1) is 31.2 Å². The number of nitrogens with zero attached hydrogens (tertiary/aromatic N) is 1. The molecule has 0 aliphatic carbocycles. The number of hydrogen-bond donors (Lipinski definition) is 1. The summed E-state index contributed by atoms with van der Waals surface area (Å²) in [4.78, 5) is 12.3. The van der Waals surface area contributed by atoms with Crippen LogP contribution in [-0.4, -0.2) is 41.3 Å². The van der Waals surface area contributed by atoms with E-state index in [2.05, 4.69) is 5.32 Å². The largest absolute Gasteiger partial charge is 0.497 e. The van der Waals surface area contributed by atoms with Gasteiger partial charge in [0.15, 0.2) is 0 Å². The molecule has 0 fully saturated rings. The van der Waals surface area contributed by atoms with Crippen molar-refractivity contribution in [3.8, 4) is 11.5 Å². The quantitative estimate of drug-likeness (QED) is 0.750. The molecule has 1 N–H and O–H groups in total. The topological polar surface area (TPSA) is 84.9 Å². The van der Waals surface area contributed by atoms with Gasteiger partial charge in [0, 0.05) is 11.8 Å². The van der Waals surface area contributed by atoms with Gasteiger partial charge in [-0.05, 0) is 30.3 Å². The number of carbonyl (C=O) groups is 1. The summed E-state index contributed by atoms with van der Waals surface area (Å²) >= 11 is 5.68. The SMILES string of the molecule is COc1ccc(N(CC(=O)Nc2ccc(F)c(Cl)c2)S(C)(=O)=O)c(OC)c1. The molecule has 0 spiro atoms. The minimum absolute atomic E-state index is 0.162. The molecule has 2 rings (SSSR count). The molecule has 0 heterocycles. The van der Waals surface area contributed by atoms with E-state index in [1.807, 2.05) is 0 Å². The molecular formula is C17H18ClFN2O5S. The van der Waals surface area contributed by atoms with E-state index >= 15 is 0 Å². The Morgan fingerprint density at radius 3 is 2.44 bits per heavy atom. The van der Waals surface area contributed by atoms with Crippen LogP contribution in [-0.2, 0) is 14.8 Å². The van der Waals surface area contributed by atoms with Crippen LogP contribution in [0.1, 0.15) is 0 Å². The minimum atomic E-state index is -3.81. The van der Waals surface area contributed by atoms with Crippen LogP contribution in [0.4, 0.5) is 15.8 Å². The Kier molecular flexibility index (Phi) is 6.50. The molecule has 7 nitrogen and oxygen atoms in total. The first-order chi connectivity index (χ1) is 12.7. The molecule has 146 valence electrons. The molecule has 10 heteroatoms. The molecule has 27 heavy (non-hydrogen) atoms. The van der Waals surface area contributed by atoms with Crippen molar-refractivity contribution < 1.29 is 27.1 Å². The summed E-state index contributed by atoms with van der Waals surface area (Å²) in [6.07, 6.45) is 0.971. The van der Waals surface area contributed by atoms with Crippen molar-refractivity contribution in [1.29, 1.82) is 0 Å². The van der Waals surface area contributed by atoms with Crippen molar-refractivity contribution in [3.05, 3.63) is 47.2 Å². The molecule has 0 bridgehead atoms. The number of rotatable bonds is 7. The third kappa shape index (κ3) is 5.24. The third-order valence-electron chi connectivity index (χ3n) is 3.55. The molecule has 0 atom stereocenters. The van der Waals surface area contributed by atoms with Crippen LogP contribution in [0.3, 0.4) is 0 Å². The zero-order valence-corrected chi connectivity index (χ0v) is 16.4. The lowest BCUT2D eigenvalue weighted by Gasteiger charge is -2.24. The summed E-state index contributed by atoms with van der Waals surface area (Å²) < 4.78 is 48.9. The number of carbonyl (C=O) groups excluding carboxylic acids is 1. The molecule has 0 aromatic heterocycles. The number of amides is 1. The minimum Gasteiger partial charge on any atom is -0.497 e. The molecule has 0 aliphatic rings. The van der Waals surface area contributed by atoms with Crippen LogP contribution in [0, 0.1) is 5.82 Å². The van der Waals surface area contributed by atoms with Gasteiger partial charge in [0.1, 0.15) is 23.9 Å². The molecular weight excluding hydrogens is 399 g/mol. The highest BCUT2D eigenvalue weighted by Gasteiger charge is 2.24. The fraction of sp³-hybridized carbons (Fsp3) is 0.235. The van der Waals surface area contributed by atoms with E-state index < -0.39 is 28.3 Å². The van der Waals surface area contributed by atoms with Gasteiger partial charge in [-0.15, -0.1) is 0 Å². The molecule has 0 unspecified atom stereocenters. The first-order valence-electron chi connectivity index (χ1n) is 7.60. The van der Waals surface area contributed by atoms with Crippen molar-refractivity contribution in [1.82, 2.24) is 0 Å². The average molecular weight is 417 g/mol. The highest BCUT2D eigenvalue weighted by molar-refractivity contribution is 7.92. The lowest BCUT2D eigenvalue weighted by molar-refractivity contribution is -0.114. The molecule has 0 saturated carbocycles. The second kappa shape index (κ2) is 8.45. The molecule has 1 amide bonds. The summed E-state index contributed by atoms with van der Waals surface area (Å²) in [6.45, 7) is -0.517. The number of sulfonamides is 1. The highest BCUT2D eigenvalue weighted by Crippen LogP contribution is 2.33. The number of nitrogens with one attached hydrogen (secondary N) is 1. The van der Waals surface area contributed by atoms with E-state index in [0.717, 1.165) is 16.6 Å². The highest BCUT2D eigenvalue weighted by atomic mass is 35.5. The first-order valence-corrected chi connectivity index (χ1v) is 9.83. The van der Waals surface area contributed by atoms with Gasteiger partial charge in [-0.2, -0.15) is 0 Å². The number of anilines is 2. The van der Waals surface area contributed by atoms with Crippen molar-refractivity contribution in [2.24, 2.45) is 0 Å². The second-order valence-corrected chi connectivity index (χ2v) is 7.80. The number of ether oxygens (including phenoxy) is 2. The molecule has 2 aromatic carbocycles. The lowest BCUT2D eigenvalue weighted by Crippen LogP contribution is -2.37.